The van der Waals surface area contributed by atoms with E-state index in [4.69, 9.17) is 10.5 Å². The Balaban J connectivity index is 2.25. The Kier molecular flexibility index (Phi) is 9.13. The standard InChI is InChI=1S/C33H40N4O4/c1-7-8-15-36-31-25(13-10-14-35-31)28(23-11-9-12-24(18-23)41-6)30(32(36)39)37(33(34)40)29-26(20(2)3)16-22(19-38)17-27(29)21(4)5/h9-14,16-18,20-21,38H,7-8,15,19H2,1-6H3,(H2,34,40). The van der Waals surface area contributed by atoms with E-state index in [0.717, 1.165) is 34.9 Å². The molecule has 216 valence electrons. The number of amides is 2. The lowest BCUT2D eigenvalue weighted by atomic mass is 9.89. The molecule has 4 aromatic rings. The van der Waals surface area contributed by atoms with Crippen molar-refractivity contribution in [1.29, 1.82) is 0 Å². The fraction of sp³-hybridized carbons (Fsp3) is 0.364. The fourth-order valence-electron chi connectivity index (χ4n) is 5.37. The van der Waals surface area contributed by atoms with Gasteiger partial charge >= 0.3 is 6.03 Å². The van der Waals surface area contributed by atoms with Crippen molar-refractivity contribution in [2.75, 3.05) is 12.0 Å². The third kappa shape index (κ3) is 5.70. The van der Waals surface area contributed by atoms with Crippen LogP contribution in [-0.2, 0) is 13.2 Å². The number of pyridine rings is 2. The van der Waals surface area contributed by atoms with Crippen LogP contribution in [0, 0.1) is 0 Å². The van der Waals surface area contributed by atoms with E-state index >= 15 is 0 Å². The molecule has 0 spiro atoms. The Morgan fingerprint density at radius 2 is 1.73 bits per heavy atom. The van der Waals surface area contributed by atoms with Crippen molar-refractivity contribution in [3.05, 3.63) is 81.8 Å². The number of benzene rings is 2. The molecule has 0 fully saturated rings. The maximum absolute atomic E-state index is 14.6. The van der Waals surface area contributed by atoms with Gasteiger partial charge in [-0.3, -0.25) is 14.3 Å². The Morgan fingerprint density at radius 1 is 1.05 bits per heavy atom. The summed E-state index contributed by atoms with van der Waals surface area (Å²) in [5.41, 5.74) is 10.8. The fourth-order valence-corrected chi connectivity index (χ4v) is 5.37. The molecule has 41 heavy (non-hydrogen) atoms. The number of methoxy groups -OCH3 is 1. The molecule has 0 atom stereocenters. The van der Waals surface area contributed by atoms with E-state index in [1.165, 1.54) is 4.90 Å². The first-order valence-electron chi connectivity index (χ1n) is 14.2. The molecule has 2 aromatic carbocycles. The van der Waals surface area contributed by atoms with Crippen molar-refractivity contribution in [2.45, 2.75) is 72.4 Å². The van der Waals surface area contributed by atoms with E-state index in [1.807, 2.05) is 76.2 Å². The highest BCUT2D eigenvalue weighted by molar-refractivity contribution is 6.09. The number of nitrogens with zero attached hydrogens (tertiary/aromatic N) is 3. The van der Waals surface area contributed by atoms with Crippen LogP contribution in [0.15, 0.2) is 59.5 Å². The number of hydrogen-bond acceptors (Lipinski definition) is 5. The number of rotatable bonds is 10. The predicted octanol–water partition coefficient (Wildman–Crippen LogP) is 6.83. The molecule has 8 heteroatoms. The summed E-state index contributed by atoms with van der Waals surface area (Å²) in [7, 11) is 1.59. The summed E-state index contributed by atoms with van der Waals surface area (Å²) in [5, 5.41) is 10.8. The van der Waals surface area contributed by atoms with Crippen LogP contribution in [0.5, 0.6) is 5.75 Å². The van der Waals surface area contributed by atoms with Gasteiger partial charge in [-0.25, -0.2) is 9.78 Å². The lowest BCUT2D eigenvalue weighted by molar-refractivity contribution is 0.256. The van der Waals surface area contributed by atoms with Gasteiger partial charge in [0.15, 0.2) is 0 Å². The number of aromatic nitrogens is 2. The summed E-state index contributed by atoms with van der Waals surface area (Å²) in [6.07, 6.45) is 3.32. The lowest BCUT2D eigenvalue weighted by Gasteiger charge is -2.31. The number of urea groups is 1. The minimum absolute atomic E-state index is 0.0273. The van der Waals surface area contributed by atoms with Gasteiger partial charge in [-0.1, -0.05) is 65.3 Å². The van der Waals surface area contributed by atoms with Gasteiger partial charge < -0.3 is 15.6 Å². The number of aryl methyl sites for hydroxylation is 1. The molecule has 0 saturated heterocycles. The minimum atomic E-state index is -0.767. The summed E-state index contributed by atoms with van der Waals surface area (Å²) >= 11 is 0. The summed E-state index contributed by atoms with van der Waals surface area (Å²) in [6, 6.07) is 14.2. The molecule has 0 bridgehead atoms. The van der Waals surface area contributed by atoms with Crippen LogP contribution >= 0.6 is 0 Å². The molecular weight excluding hydrogens is 516 g/mol. The average molecular weight is 557 g/mol. The normalized spacial score (nSPS) is 11.4. The van der Waals surface area contributed by atoms with Crippen LogP contribution < -0.4 is 20.9 Å². The molecule has 0 aliphatic rings. The average Bonchev–Trinajstić information content (AvgIpc) is 2.96. The summed E-state index contributed by atoms with van der Waals surface area (Å²) in [4.78, 5) is 34.3. The van der Waals surface area contributed by atoms with E-state index in [-0.39, 0.29) is 29.7 Å². The SMILES string of the molecule is CCCCn1c(=O)c(N(C(N)=O)c2c(C(C)C)cc(CO)cc2C(C)C)c(-c2cccc(OC)c2)c2cccnc21. The lowest BCUT2D eigenvalue weighted by Crippen LogP contribution is -2.39. The van der Waals surface area contributed by atoms with Crippen LogP contribution in [0.2, 0.25) is 0 Å². The number of carbonyl (C=O) groups excluding carboxylic acids is 1. The third-order valence-corrected chi connectivity index (χ3v) is 7.41. The number of fused-ring (bicyclic) bond motifs is 1. The zero-order chi connectivity index (χ0) is 29.8. The number of anilines is 2. The molecule has 0 aliphatic carbocycles. The zero-order valence-corrected chi connectivity index (χ0v) is 24.8. The molecule has 8 nitrogen and oxygen atoms in total. The second-order valence-corrected chi connectivity index (χ2v) is 10.9. The van der Waals surface area contributed by atoms with Crippen molar-refractivity contribution in [2.24, 2.45) is 5.73 Å². The highest BCUT2D eigenvalue weighted by Crippen LogP contribution is 2.44. The van der Waals surface area contributed by atoms with Crippen LogP contribution in [0.3, 0.4) is 0 Å². The number of aliphatic hydroxyl groups excluding tert-OH is 1. The maximum Gasteiger partial charge on any atom is 0.324 e. The van der Waals surface area contributed by atoms with Crippen LogP contribution in [-0.4, -0.2) is 27.8 Å². The number of unbranched alkanes of at least 4 members (excludes halogenated alkanes) is 1. The van der Waals surface area contributed by atoms with Crippen molar-refractivity contribution in [1.82, 2.24) is 9.55 Å². The van der Waals surface area contributed by atoms with E-state index in [0.29, 0.717) is 34.8 Å². The minimum Gasteiger partial charge on any atom is -0.497 e. The van der Waals surface area contributed by atoms with Gasteiger partial charge in [-0.05, 0) is 64.8 Å². The number of nitrogens with two attached hydrogens (primary N) is 1. The molecule has 3 N–H and O–H groups in total. The number of aliphatic hydroxyl groups is 1. The first kappa shape index (κ1) is 29.8. The van der Waals surface area contributed by atoms with E-state index in [2.05, 4.69) is 11.9 Å². The zero-order valence-electron chi connectivity index (χ0n) is 24.8. The molecule has 2 amide bonds. The topological polar surface area (TPSA) is 111 Å². The monoisotopic (exact) mass is 556 g/mol. The number of hydrogen-bond donors (Lipinski definition) is 2. The molecule has 0 saturated carbocycles. The van der Waals surface area contributed by atoms with Crippen molar-refractivity contribution >= 4 is 28.4 Å². The molecule has 0 unspecified atom stereocenters. The summed E-state index contributed by atoms with van der Waals surface area (Å²) in [5.74, 6) is 0.561. The largest absolute Gasteiger partial charge is 0.497 e. The number of primary amides is 1. The highest BCUT2D eigenvalue weighted by atomic mass is 16.5. The highest BCUT2D eigenvalue weighted by Gasteiger charge is 2.32. The van der Waals surface area contributed by atoms with Crippen molar-refractivity contribution in [3.63, 3.8) is 0 Å². The number of ether oxygens (including phenoxy) is 1. The molecule has 0 aliphatic heterocycles. The van der Waals surface area contributed by atoms with E-state index < -0.39 is 6.03 Å². The Bertz CT molecular complexity index is 1590. The second-order valence-electron chi connectivity index (χ2n) is 10.9. The van der Waals surface area contributed by atoms with Gasteiger partial charge in [0, 0.05) is 23.7 Å². The summed E-state index contributed by atoms with van der Waals surface area (Å²) in [6.45, 7) is 10.5. The molecular formula is C33H40N4O4. The molecule has 2 aromatic heterocycles. The molecule has 2 heterocycles. The first-order chi connectivity index (χ1) is 19.6. The van der Waals surface area contributed by atoms with Crippen molar-refractivity contribution in [3.8, 4) is 16.9 Å². The Morgan fingerprint density at radius 3 is 2.29 bits per heavy atom. The molecule has 4 rings (SSSR count). The van der Waals surface area contributed by atoms with Gasteiger partial charge in [0.05, 0.1) is 19.4 Å². The van der Waals surface area contributed by atoms with Crippen LogP contribution in [0.25, 0.3) is 22.2 Å². The Hall–Kier alpha value is -4.17. The van der Waals surface area contributed by atoms with Crippen LogP contribution in [0.4, 0.5) is 16.2 Å². The van der Waals surface area contributed by atoms with E-state index in [1.54, 1.807) is 17.9 Å². The van der Waals surface area contributed by atoms with Gasteiger partial charge in [-0.2, -0.15) is 0 Å². The number of carbonyl (C=O) groups is 1. The van der Waals surface area contributed by atoms with Crippen molar-refractivity contribution < 1.29 is 14.6 Å². The summed E-state index contributed by atoms with van der Waals surface area (Å²) < 4.78 is 7.18. The van der Waals surface area contributed by atoms with Gasteiger partial charge in [0.2, 0.25) is 0 Å². The second kappa shape index (κ2) is 12.6. The maximum atomic E-state index is 14.6. The van der Waals surface area contributed by atoms with Gasteiger partial charge in [-0.15, -0.1) is 0 Å². The third-order valence-electron chi connectivity index (χ3n) is 7.41. The van der Waals surface area contributed by atoms with Gasteiger partial charge in [0.1, 0.15) is 17.1 Å². The predicted molar refractivity (Wildman–Crippen MR) is 165 cm³/mol. The van der Waals surface area contributed by atoms with Gasteiger partial charge in [0.25, 0.3) is 5.56 Å². The Labute approximate surface area is 241 Å². The quantitative estimate of drug-likeness (QED) is 0.222. The smallest absolute Gasteiger partial charge is 0.324 e. The molecule has 0 radical (unpaired) electrons. The first-order valence-corrected chi connectivity index (χ1v) is 14.2. The van der Waals surface area contributed by atoms with E-state index in [9.17, 15) is 14.7 Å². The van der Waals surface area contributed by atoms with Crippen LogP contribution in [0.1, 0.15) is 76.0 Å².